The Morgan fingerprint density at radius 1 is 0.516 bits per heavy atom. The van der Waals surface area contributed by atoms with E-state index in [0.29, 0.717) is 37.5 Å². The number of ether oxygens (including phenoxy) is 4. The van der Waals surface area contributed by atoms with Crippen molar-refractivity contribution >= 4 is 45.3 Å². The summed E-state index contributed by atoms with van der Waals surface area (Å²) in [5.41, 5.74) is 0.839. The molecule has 0 spiro atoms. The first-order valence-corrected chi connectivity index (χ1v) is 41.4. The van der Waals surface area contributed by atoms with Crippen molar-refractivity contribution in [3.63, 3.8) is 0 Å². The number of benzene rings is 1. The minimum atomic E-state index is -0.284. The number of methoxy groups -OCH3 is 1. The number of hydrogen-bond donors (Lipinski definition) is 0. The van der Waals surface area contributed by atoms with Crippen molar-refractivity contribution in [2.45, 2.75) is 396 Å². The molecule has 9 nitrogen and oxygen atoms in total. The summed E-state index contributed by atoms with van der Waals surface area (Å²) >= 11 is 0. The van der Waals surface area contributed by atoms with E-state index in [1.807, 2.05) is 46.7 Å². The number of unbranched alkanes of at least 4 members (excludes halogenated alkanes) is 17. The molecule has 0 unspecified atom stereocenters. The van der Waals surface area contributed by atoms with Gasteiger partial charge < -0.3 is 28.6 Å². The first-order valence-electron chi connectivity index (χ1n) is 39.0. The molecule has 1 aliphatic heterocycles. The first kappa shape index (κ1) is 117. The van der Waals surface area contributed by atoms with Crippen molar-refractivity contribution in [1.82, 2.24) is 4.90 Å². The van der Waals surface area contributed by atoms with Crippen LogP contribution in [-0.4, -0.2) is 86.7 Å². The van der Waals surface area contributed by atoms with Gasteiger partial charge in [0.1, 0.15) is 17.6 Å². The third-order valence-corrected chi connectivity index (χ3v) is 14.8. The SMILES string of the molecule is CC(C)=O.CCC.CCC.CCC.CCC.CCC.CCC.CCCC.CCCCCCC.CCCCCCCCC(CCCCCCCC)OC(=O)CCCCCC(=O)Oc1ccc(CC(=O)OCCC2CCN(CCSSCCC)CC2)cc1.COC.[CH-]=C/C=C/C.[U]. The van der Waals surface area contributed by atoms with E-state index in [2.05, 4.69) is 141 Å². The number of carbonyl (C=O) groups excluding carboxylic acids is 4. The van der Waals surface area contributed by atoms with E-state index in [4.69, 9.17) is 20.8 Å². The van der Waals surface area contributed by atoms with E-state index in [1.54, 1.807) is 32.4 Å². The maximum atomic E-state index is 12.7. The summed E-state index contributed by atoms with van der Waals surface area (Å²) in [6, 6.07) is 7.10. The molecule has 1 aromatic rings. The van der Waals surface area contributed by atoms with Gasteiger partial charge in [-0.15, -0.1) is 0 Å². The van der Waals surface area contributed by atoms with Gasteiger partial charge in [0.2, 0.25) is 0 Å². The van der Waals surface area contributed by atoms with Gasteiger partial charge in [-0.1, -0.05) is 326 Å². The maximum Gasteiger partial charge on any atom is 0.311 e. The second-order valence-corrected chi connectivity index (χ2v) is 27.1. The molecule has 1 heterocycles. The van der Waals surface area contributed by atoms with Crippen LogP contribution in [0.5, 0.6) is 5.75 Å². The van der Waals surface area contributed by atoms with Crippen LogP contribution in [0.25, 0.3) is 0 Å². The van der Waals surface area contributed by atoms with E-state index in [1.165, 1.54) is 205 Å². The van der Waals surface area contributed by atoms with Crippen molar-refractivity contribution in [2.24, 2.45) is 5.92 Å². The van der Waals surface area contributed by atoms with Crippen molar-refractivity contribution in [3.8, 4) is 5.75 Å². The molecule has 2 rings (SSSR count). The summed E-state index contributed by atoms with van der Waals surface area (Å²) in [7, 11) is 7.22. The molecule has 0 amide bonds. The van der Waals surface area contributed by atoms with E-state index < -0.39 is 0 Å². The number of esters is 3. The molecule has 0 atom stereocenters. The van der Waals surface area contributed by atoms with Gasteiger partial charge in [-0.2, -0.15) is 6.08 Å². The van der Waals surface area contributed by atoms with E-state index in [9.17, 15) is 19.2 Å². The largest absolute Gasteiger partial charge is 0.465 e. The zero-order chi connectivity index (χ0) is 73.8. The average Bonchev–Trinajstić information content (AvgIpc) is 1.11. The number of allylic oxidation sites excluding steroid dienone is 3. The van der Waals surface area contributed by atoms with Gasteiger partial charge in [0, 0.05) is 76.2 Å². The van der Waals surface area contributed by atoms with Gasteiger partial charge in [-0.05, 0) is 115 Å². The smallest absolute Gasteiger partial charge is 0.311 e. The molecule has 1 fully saturated rings. The van der Waals surface area contributed by atoms with Gasteiger partial charge in [0.05, 0.1) is 13.0 Å². The van der Waals surface area contributed by atoms with E-state index in [0.717, 1.165) is 63.6 Å². The van der Waals surface area contributed by atoms with Gasteiger partial charge in [-0.25, -0.2) is 12.2 Å². The fourth-order valence-corrected chi connectivity index (χ4v) is 9.76. The summed E-state index contributed by atoms with van der Waals surface area (Å²) in [4.78, 5) is 49.6. The fraction of sp³-hybridized carbons (Fsp3) is 0.831. The molecular formula is C83H168NO8S2U-. The Morgan fingerprint density at radius 2 is 0.874 bits per heavy atom. The molecule has 0 bridgehead atoms. The Bertz CT molecular complexity index is 1480. The summed E-state index contributed by atoms with van der Waals surface area (Å²) in [6.07, 6.45) is 46.9. The molecule has 12 heteroatoms. The molecule has 570 valence electrons. The van der Waals surface area contributed by atoms with Gasteiger partial charge in [0.15, 0.2) is 0 Å². The number of Topliss-reactive ketones (excluding diaryl/α,β-unsaturated/α-hetero) is 1. The van der Waals surface area contributed by atoms with Crippen LogP contribution >= 0.6 is 21.6 Å². The van der Waals surface area contributed by atoms with Crippen LogP contribution in [0, 0.1) is 43.6 Å². The molecular weight excluding hydrogens is 1440 g/mol. The molecule has 1 aliphatic rings. The third-order valence-electron chi connectivity index (χ3n) is 12.2. The minimum absolute atomic E-state index is 0. The van der Waals surface area contributed by atoms with Crippen LogP contribution in [0.4, 0.5) is 0 Å². The Morgan fingerprint density at radius 3 is 1.23 bits per heavy atom. The second-order valence-electron chi connectivity index (χ2n) is 24.4. The zero-order valence-corrected chi connectivity index (χ0v) is 74.0. The Balaban J connectivity index is -0.000000151. The fourth-order valence-electron chi connectivity index (χ4n) is 7.60. The third kappa shape index (κ3) is 136. The van der Waals surface area contributed by atoms with Crippen molar-refractivity contribution < 1.29 is 69.2 Å². The maximum absolute atomic E-state index is 12.7. The normalized spacial score (nSPS) is 10.7. The quantitative estimate of drug-likeness (QED) is 0.0157. The van der Waals surface area contributed by atoms with E-state index >= 15 is 0 Å². The predicted octanol–water partition coefficient (Wildman–Crippen LogP) is 27.6. The van der Waals surface area contributed by atoms with Crippen LogP contribution in [0.15, 0.2) is 42.5 Å². The molecule has 0 N–H and O–H groups in total. The van der Waals surface area contributed by atoms with Gasteiger partial charge in [0.25, 0.3) is 0 Å². The first-order chi connectivity index (χ1) is 45.3. The number of piperidine rings is 1. The van der Waals surface area contributed by atoms with Gasteiger partial charge >= 0.3 is 17.9 Å². The molecule has 0 aliphatic carbocycles. The number of hydrogen-bond acceptors (Lipinski definition) is 11. The van der Waals surface area contributed by atoms with Crippen LogP contribution < -0.4 is 4.74 Å². The second kappa shape index (κ2) is 117. The van der Waals surface area contributed by atoms with Crippen LogP contribution in [0.1, 0.15) is 389 Å². The van der Waals surface area contributed by atoms with Crippen molar-refractivity contribution in [3.05, 3.63) is 54.6 Å². The molecule has 1 aromatic carbocycles. The summed E-state index contributed by atoms with van der Waals surface area (Å²) in [5, 5.41) is 0. The standard InChI is InChI=1S/C44H75NO6S2.C7H16.C5H7.C4H10.C3H6O.6C3H8.C2H6O.U/c1-4-7-9-11-13-16-20-40(21-17-14-12-10-8-5-2)50-42(46)22-18-15-19-23-43(47)51-41-26-24-39(25-27-41)37-44(48)49-34-30-38-28-31-45(32-29-38)33-36-53-52-35-6-3;1-3-5-7-6-4-2;1-3-5-4-2;1-3-4-2;1-3(2)4;7*1-3-2;/h24-27,38,40H,4-23,28-37H2,1-3H3;3-7H2,1-2H3;1,3-5H,2H3;3-4H2,1-2H3;1-2H3;6*3H2,1-2H3;1-2H3;/q;;-1;;;;;;;;;;/b;;5-4+;;;;;;;;;;. The number of carbonyl (C=O) groups is 4. The molecule has 0 saturated carbocycles. The summed E-state index contributed by atoms with van der Waals surface area (Å²) < 4.78 is 21.3. The van der Waals surface area contributed by atoms with Crippen LogP contribution in [-0.2, 0) is 39.8 Å². The molecule has 0 aromatic heterocycles. The Hall–Kier alpha value is -1.55. The number of nitrogens with zero attached hydrogens (tertiary/aromatic N) is 1. The van der Waals surface area contributed by atoms with E-state index in [-0.39, 0.29) is 67.3 Å². The molecule has 95 heavy (non-hydrogen) atoms. The topological polar surface area (TPSA) is 108 Å². The predicted molar refractivity (Wildman–Crippen MR) is 428 cm³/mol. The van der Waals surface area contributed by atoms with Gasteiger partial charge in [-0.3, -0.25) is 21.0 Å². The van der Waals surface area contributed by atoms with Crippen molar-refractivity contribution in [1.29, 1.82) is 0 Å². The average molecular weight is 1610 g/mol. The molecule has 0 radical (unpaired) electrons. The Kier molecular flexibility index (Phi) is 144. The van der Waals surface area contributed by atoms with Crippen LogP contribution in [0.3, 0.4) is 0 Å². The van der Waals surface area contributed by atoms with Crippen LogP contribution in [0.2, 0.25) is 0 Å². The summed E-state index contributed by atoms with van der Waals surface area (Å²) in [6.45, 7) is 54.9. The number of ketones is 1. The zero-order valence-electron chi connectivity index (χ0n) is 68.2. The Labute approximate surface area is 629 Å². The van der Waals surface area contributed by atoms with Crippen molar-refractivity contribution in [2.75, 3.05) is 52.0 Å². The number of likely N-dealkylation sites (tertiary alicyclic amines) is 1. The number of rotatable bonds is 39. The summed E-state index contributed by atoms with van der Waals surface area (Å²) in [5.74, 6) is 3.09. The minimum Gasteiger partial charge on any atom is -0.465 e. The molecule has 1 saturated heterocycles. The monoisotopic (exact) mass is 1610 g/mol.